The zero-order chi connectivity index (χ0) is 17.8. The van der Waals surface area contributed by atoms with Crippen LogP contribution < -0.4 is 10.2 Å². The van der Waals surface area contributed by atoms with Gasteiger partial charge in [-0.3, -0.25) is 9.69 Å². The van der Waals surface area contributed by atoms with Gasteiger partial charge in [0.05, 0.1) is 12.2 Å². The number of aryl methyl sites for hydroxylation is 3. The topological polar surface area (TPSA) is 61.4 Å². The molecule has 1 aliphatic rings. The smallest absolute Gasteiger partial charge is 0.240 e. The minimum absolute atomic E-state index is 0.0207. The minimum Gasteiger partial charge on any atom is -0.346 e. The molecule has 0 bridgehead atoms. The summed E-state index contributed by atoms with van der Waals surface area (Å²) in [5.74, 6) is 0.0207. The number of hydrogen-bond acceptors (Lipinski definition) is 7. The molecule has 0 atom stereocenters. The molecule has 0 unspecified atom stereocenters. The highest BCUT2D eigenvalue weighted by Gasteiger charge is 2.21. The second-order valence-electron chi connectivity index (χ2n) is 6.15. The number of rotatable bonds is 6. The van der Waals surface area contributed by atoms with E-state index in [0.717, 1.165) is 49.8 Å². The van der Waals surface area contributed by atoms with E-state index in [1.54, 1.807) is 22.7 Å². The highest BCUT2D eigenvalue weighted by Crippen LogP contribution is 2.24. The van der Waals surface area contributed by atoms with Crippen molar-refractivity contribution in [3.63, 3.8) is 0 Å². The Morgan fingerprint density at radius 2 is 1.96 bits per heavy atom. The van der Waals surface area contributed by atoms with E-state index in [0.29, 0.717) is 11.7 Å². The molecule has 1 N–H and O–H groups in total. The van der Waals surface area contributed by atoms with Gasteiger partial charge in [0, 0.05) is 42.1 Å². The fourth-order valence-electron chi connectivity index (χ4n) is 2.88. The molecule has 6 nitrogen and oxygen atoms in total. The third-order valence-corrected chi connectivity index (χ3v) is 6.50. The number of anilines is 2. The Morgan fingerprint density at radius 3 is 2.56 bits per heavy atom. The third kappa shape index (κ3) is 4.56. The van der Waals surface area contributed by atoms with Crippen molar-refractivity contribution in [1.82, 2.24) is 14.9 Å². The molecular weight excluding hydrogens is 354 g/mol. The van der Waals surface area contributed by atoms with Crippen molar-refractivity contribution in [3.05, 3.63) is 21.6 Å². The van der Waals surface area contributed by atoms with Crippen LogP contribution >= 0.6 is 22.7 Å². The lowest BCUT2D eigenvalue weighted by Gasteiger charge is -2.34. The van der Waals surface area contributed by atoms with Crippen LogP contribution in [0, 0.1) is 6.92 Å². The molecule has 8 heteroatoms. The zero-order valence-corrected chi connectivity index (χ0v) is 16.7. The first-order valence-electron chi connectivity index (χ1n) is 8.77. The fraction of sp³-hybridized carbons (Fsp3) is 0.588. The molecule has 1 saturated heterocycles. The average molecular weight is 380 g/mol. The predicted octanol–water partition coefficient (Wildman–Crippen LogP) is 2.79. The number of carbonyl (C=O) groups excluding carboxylic acids is 1. The Kier molecular flexibility index (Phi) is 6.03. The maximum atomic E-state index is 12.3. The highest BCUT2D eigenvalue weighted by molar-refractivity contribution is 7.16. The third-order valence-electron chi connectivity index (χ3n) is 4.37. The van der Waals surface area contributed by atoms with Crippen LogP contribution in [-0.2, 0) is 17.6 Å². The zero-order valence-electron chi connectivity index (χ0n) is 15.0. The Bertz CT molecular complexity index is 718. The number of thiazole rings is 2. The van der Waals surface area contributed by atoms with Crippen LogP contribution in [0.1, 0.15) is 29.3 Å². The van der Waals surface area contributed by atoms with Gasteiger partial charge < -0.3 is 10.2 Å². The Labute approximate surface area is 156 Å². The molecule has 1 fully saturated rings. The number of carbonyl (C=O) groups is 1. The Morgan fingerprint density at radius 1 is 1.20 bits per heavy atom. The molecule has 1 aliphatic heterocycles. The summed E-state index contributed by atoms with van der Waals surface area (Å²) in [5, 5.41) is 4.76. The number of amides is 1. The van der Waals surface area contributed by atoms with Gasteiger partial charge in [0.25, 0.3) is 0 Å². The second kappa shape index (κ2) is 8.25. The van der Waals surface area contributed by atoms with Crippen LogP contribution in [0.25, 0.3) is 0 Å². The van der Waals surface area contributed by atoms with Gasteiger partial charge in [-0.05, 0) is 19.8 Å². The summed E-state index contributed by atoms with van der Waals surface area (Å²) in [6, 6.07) is 0. The Balaban J connectivity index is 1.47. The van der Waals surface area contributed by atoms with Crippen LogP contribution in [0.4, 0.5) is 10.3 Å². The number of nitrogens with one attached hydrogen (secondary N) is 1. The first-order chi connectivity index (χ1) is 12.1. The van der Waals surface area contributed by atoms with Crippen molar-refractivity contribution >= 4 is 38.8 Å². The highest BCUT2D eigenvalue weighted by atomic mass is 32.1. The minimum atomic E-state index is 0.0207. The number of hydrogen-bond donors (Lipinski definition) is 1. The van der Waals surface area contributed by atoms with Gasteiger partial charge in [0.2, 0.25) is 5.91 Å². The van der Waals surface area contributed by atoms with E-state index < -0.39 is 0 Å². The lowest BCUT2D eigenvalue weighted by molar-refractivity contribution is -0.117. The van der Waals surface area contributed by atoms with E-state index in [-0.39, 0.29) is 5.91 Å². The molecule has 0 radical (unpaired) electrons. The lowest BCUT2D eigenvalue weighted by atomic mass is 10.3. The van der Waals surface area contributed by atoms with Gasteiger partial charge in [-0.1, -0.05) is 13.8 Å². The Hall–Kier alpha value is -1.51. The first-order valence-corrected chi connectivity index (χ1v) is 10.4. The first kappa shape index (κ1) is 18.3. The normalized spacial score (nSPS) is 15.6. The molecule has 0 saturated carbocycles. The molecule has 0 spiro atoms. The van der Waals surface area contributed by atoms with Gasteiger partial charge in [-0.25, -0.2) is 9.97 Å². The molecule has 25 heavy (non-hydrogen) atoms. The SMILES string of the molecule is CCc1cnc(N2CCN(CC(=O)Nc3nc(CC)c(C)s3)CC2)s1. The fourth-order valence-corrected chi connectivity index (χ4v) is 4.70. The summed E-state index contributed by atoms with van der Waals surface area (Å²) in [6.07, 6.45) is 3.91. The van der Waals surface area contributed by atoms with E-state index in [1.807, 2.05) is 13.1 Å². The maximum Gasteiger partial charge on any atom is 0.240 e. The summed E-state index contributed by atoms with van der Waals surface area (Å²) >= 11 is 3.33. The molecule has 0 aromatic carbocycles. The van der Waals surface area contributed by atoms with Crippen LogP contribution in [0.15, 0.2) is 6.20 Å². The molecule has 1 amide bonds. The van der Waals surface area contributed by atoms with Gasteiger partial charge in [0.1, 0.15) is 0 Å². The van der Waals surface area contributed by atoms with E-state index in [1.165, 1.54) is 9.75 Å². The second-order valence-corrected chi connectivity index (χ2v) is 8.45. The molecule has 136 valence electrons. The number of aromatic nitrogens is 2. The van der Waals surface area contributed by atoms with Crippen molar-refractivity contribution in [3.8, 4) is 0 Å². The van der Waals surface area contributed by atoms with Crippen molar-refractivity contribution in [2.24, 2.45) is 0 Å². The summed E-state index contributed by atoms with van der Waals surface area (Å²) in [7, 11) is 0. The standard InChI is InChI=1S/C17H25N5OS2/c1-4-13-10-18-17(25-13)22-8-6-21(7-9-22)11-15(23)20-16-19-14(5-2)12(3)24-16/h10H,4-9,11H2,1-3H3,(H,19,20,23). The van der Waals surface area contributed by atoms with Crippen molar-refractivity contribution < 1.29 is 4.79 Å². The molecule has 2 aromatic heterocycles. The molecule has 2 aromatic rings. The van der Waals surface area contributed by atoms with E-state index >= 15 is 0 Å². The van der Waals surface area contributed by atoms with Crippen LogP contribution in [-0.4, -0.2) is 53.5 Å². The van der Waals surface area contributed by atoms with E-state index in [9.17, 15) is 4.79 Å². The largest absolute Gasteiger partial charge is 0.346 e. The van der Waals surface area contributed by atoms with Gasteiger partial charge in [-0.15, -0.1) is 22.7 Å². The van der Waals surface area contributed by atoms with Crippen molar-refractivity contribution in [2.45, 2.75) is 33.6 Å². The van der Waals surface area contributed by atoms with Gasteiger partial charge >= 0.3 is 0 Å². The predicted molar refractivity (Wildman–Crippen MR) is 105 cm³/mol. The molecule has 3 heterocycles. The van der Waals surface area contributed by atoms with Gasteiger partial charge in [-0.2, -0.15) is 0 Å². The summed E-state index contributed by atoms with van der Waals surface area (Å²) in [4.78, 5) is 28.3. The molecular formula is C17H25N5OS2. The van der Waals surface area contributed by atoms with Crippen molar-refractivity contribution in [2.75, 3.05) is 42.9 Å². The lowest BCUT2D eigenvalue weighted by Crippen LogP contribution is -2.48. The van der Waals surface area contributed by atoms with E-state index in [4.69, 9.17) is 0 Å². The summed E-state index contributed by atoms with van der Waals surface area (Å²) < 4.78 is 0. The van der Waals surface area contributed by atoms with Gasteiger partial charge in [0.15, 0.2) is 10.3 Å². The summed E-state index contributed by atoms with van der Waals surface area (Å²) in [5.41, 5.74) is 1.07. The molecule has 3 rings (SSSR count). The average Bonchev–Trinajstić information content (AvgIpc) is 3.21. The molecule has 0 aliphatic carbocycles. The number of nitrogens with zero attached hydrogens (tertiary/aromatic N) is 4. The number of piperazine rings is 1. The summed E-state index contributed by atoms with van der Waals surface area (Å²) in [6.45, 7) is 10.3. The van der Waals surface area contributed by atoms with Crippen LogP contribution in [0.2, 0.25) is 0 Å². The monoisotopic (exact) mass is 379 g/mol. The van der Waals surface area contributed by atoms with Crippen molar-refractivity contribution in [1.29, 1.82) is 0 Å². The quantitative estimate of drug-likeness (QED) is 0.836. The van der Waals surface area contributed by atoms with Crippen LogP contribution in [0.3, 0.4) is 0 Å². The maximum absolute atomic E-state index is 12.3. The van der Waals surface area contributed by atoms with Crippen LogP contribution in [0.5, 0.6) is 0 Å². The van der Waals surface area contributed by atoms with E-state index in [2.05, 4.69) is 38.9 Å².